The van der Waals surface area contributed by atoms with Crippen molar-refractivity contribution >= 4 is 35.6 Å². The number of carboxylic acid groups (broad SMARTS) is 2. The standard InChI is InChI=1S/C19H33N5O8/c1-4-9(2)15(18(30)22-10(3)19(31)32)24-17(29)12(6-8-14(26)27)23-16(28)11(20)5-7-13(21)25/h9-12,15H,4-8,20H2,1-3H3,(H2,21,25)(H,22,30)(H,23,28)(H,24,29)(H,26,27)(H,31,32). The molecule has 0 aliphatic carbocycles. The summed E-state index contributed by atoms with van der Waals surface area (Å²) in [6.07, 6.45) is -0.497. The van der Waals surface area contributed by atoms with E-state index in [4.69, 9.17) is 21.7 Å². The van der Waals surface area contributed by atoms with Crippen molar-refractivity contribution in [2.24, 2.45) is 17.4 Å². The SMILES string of the molecule is CCC(C)C(NC(=O)C(CCC(=O)O)NC(=O)C(N)CCC(N)=O)C(=O)NC(C)C(=O)O. The van der Waals surface area contributed by atoms with Gasteiger partial charge in [-0.15, -0.1) is 0 Å². The van der Waals surface area contributed by atoms with Crippen LogP contribution in [0.3, 0.4) is 0 Å². The zero-order valence-corrected chi connectivity index (χ0v) is 18.4. The van der Waals surface area contributed by atoms with Gasteiger partial charge in [-0.2, -0.15) is 0 Å². The first-order valence-electron chi connectivity index (χ1n) is 10.2. The Kier molecular flexibility index (Phi) is 12.6. The van der Waals surface area contributed by atoms with Gasteiger partial charge < -0.3 is 37.6 Å². The summed E-state index contributed by atoms with van der Waals surface area (Å²) >= 11 is 0. The Morgan fingerprint density at radius 1 is 0.844 bits per heavy atom. The summed E-state index contributed by atoms with van der Waals surface area (Å²) in [6, 6.07) is -4.80. The molecule has 5 unspecified atom stereocenters. The number of rotatable bonds is 15. The molecule has 0 saturated heterocycles. The highest BCUT2D eigenvalue weighted by Crippen LogP contribution is 2.10. The molecular formula is C19H33N5O8. The van der Waals surface area contributed by atoms with E-state index in [-0.39, 0.29) is 19.3 Å². The van der Waals surface area contributed by atoms with Gasteiger partial charge in [0, 0.05) is 12.8 Å². The fraction of sp³-hybridized carbons (Fsp3) is 0.684. The van der Waals surface area contributed by atoms with Crippen molar-refractivity contribution < 1.29 is 39.0 Å². The van der Waals surface area contributed by atoms with Gasteiger partial charge in [0.15, 0.2) is 0 Å². The van der Waals surface area contributed by atoms with Gasteiger partial charge >= 0.3 is 11.9 Å². The minimum Gasteiger partial charge on any atom is -0.481 e. The molecule has 0 aromatic carbocycles. The lowest BCUT2D eigenvalue weighted by Crippen LogP contribution is -2.58. The number of hydrogen-bond acceptors (Lipinski definition) is 7. The molecule has 0 radical (unpaired) electrons. The van der Waals surface area contributed by atoms with Crippen LogP contribution in [0.25, 0.3) is 0 Å². The zero-order valence-electron chi connectivity index (χ0n) is 18.4. The minimum atomic E-state index is -1.32. The van der Waals surface area contributed by atoms with Gasteiger partial charge in [0.05, 0.1) is 6.04 Å². The van der Waals surface area contributed by atoms with Crippen molar-refractivity contribution in [2.75, 3.05) is 0 Å². The molecule has 0 aromatic heterocycles. The average molecular weight is 460 g/mol. The van der Waals surface area contributed by atoms with Crippen molar-refractivity contribution in [1.29, 1.82) is 0 Å². The summed E-state index contributed by atoms with van der Waals surface area (Å²) in [4.78, 5) is 70.4. The largest absolute Gasteiger partial charge is 0.481 e. The summed E-state index contributed by atoms with van der Waals surface area (Å²) in [5.41, 5.74) is 10.7. The van der Waals surface area contributed by atoms with Crippen molar-refractivity contribution in [3.8, 4) is 0 Å². The van der Waals surface area contributed by atoms with Gasteiger partial charge in [-0.05, 0) is 25.7 Å². The van der Waals surface area contributed by atoms with Gasteiger partial charge in [-0.1, -0.05) is 20.3 Å². The first-order valence-corrected chi connectivity index (χ1v) is 10.2. The topological polar surface area (TPSA) is 231 Å². The highest BCUT2D eigenvalue weighted by Gasteiger charge is 2.32. The van der Waals surface area contributed by atoms with E-state index >= 15 is 0 Å². The van der Waals surface area contributed by atoms with E-state index in [9.17, 15) is 28.8 Å². The van der Waals surface area contributed by atoms with Crippen molar-refractivity contribution in [2.45, 2.75) is 77.0 Å². The van der Waals surface area contributed by atoms with E-state index in [0.29, 0.717) is 6.42 Å². The van der Waals surface area contributed by atoms with Gasteiger partial charge in [0.1, 0.15) is 18.1 Å². The molecule has 0 rings (SSSR count). The summed E-state index contributed by atoms with van der Waals surface area (Å²) in [5.74, 6) is -5.87. The zero-order chi connectivity index (χ0) is 25.0. The lowest BCUT2D eigenvalue weighted by Gasteiger charge is -2.27. The third-order valence-corrected chi connectivity index (χ3v) is 4.84. The Morgan fingerprint density at radius 3 is 1.91 bits per heavy atom. The molecule has 0 bridgehead atoms. The maximum atomic E-state index is 12.8. The number of nitrogens with one attached hydrogen (secondary N) is 3. The maximum absolute atomic E-state index is 12.8. The number of nitrogens with two attached hydrogens (primary N) is 2. The summed E-state index contributed by atoms with van der Waals surface area (Å²) in [5, 5.41) is 25.0. The van der Waals surface area contributed by atoms with Crippen LogP contribution >= 0.6 is 0 Å². The highest BCUT2D eigenvalue weighted by molar-refractivity contribution is 5.94. The first kappa shape index (κ1) is 28.8. The Labute approximate surface area is 185 Å². The van der Waals surface area contributed by atoms with E-state index in [2.05, 4.69) is 16.0 Å². The second-order valence-electron chi connectivity index (χ2n) is 7.55. The average Bonchev–Trinajstić information content (AvgIpc) is 2.71. The molecule has 13 nitrogen and oxygen atoms in total. The number of amides is 4. The quantitative estimate of drug-likeness (QED) is 0.144. The number of primary amides is 1. The van der Waals surface area contributed by atoms with Crippen LogP contribution in [-0.2, 0) is 28.8 Å². The molecule has 4 amide bonds. The van der Waals surface area contributed by atoms with Crippen LogP contribution in [0.2, 0.25) is 0 Å². The molecular weight excluding hydrogens is 426 g/mol. The second-order valence-corrected chi connectivity index (χ2v) is 7.55. The Morgan fingerprint density at radius 2 is 1.44 bits per heavy atom. The van der Waals surface area contributed by atoms with Crippen LogP contribution in [0.15, 0.2) is 0 Å². The number of carbonyl (C=O) groups excluding carboxylic acids is 4. The van der Waals surface area contributed by atoms with Gasteiger partial charge in [-0.3, -0.25) is 28.8 Å². The fourth-order valence-corrected chi connectivity index (χ4v) is 2.56. The van der Waals surface area contributed by atoms with E-state index < -0.39 is 72.1 Å². The van der Waals surface area contributed by atoms with Crippen LogP contribution in [-0.4, -0.2) is 69.9 Å². The van der Waals surface area contributed by atoms with Gasteiger partial charge in [0.25, 0.3) is 0 Å². The molecule has 0 saturated carbocycles. The Hall–Kier alpha value is -3.22. The molecule has 0 heterocycles. The molecule has 0 aromatic rings. The number of hydrogen-bond donors (Lipinski definition) is 7. The first-order chi connectivity index (χ1) is 14.8. The highest BCUT2D eigenvalue weighted by atomic mass is 16.4. The molecule has 9 N–H and O–H groups in total. The number of aliphatic carboxylic acids is 2. The van der Waals surface area contributed by atoms with Crippen LogP contribution < -0.4 is 27.4 Å². The normalized spacial score (nSPS) is 15.4. The maximum Gasteiger partial charge on any atom is 0.325 e. The molecule has 32 heavy (non-hydrogen) atoms. The van der Waals surface area contributed by atoms with E-state index in [0.717, 1.165) is 0 Å². The van der Waals surface area contributed by atoms with Crippen LogP contribution in [0.5, 0.6) is 0 Å². The summed E-state index contributed by atoms with van der Waals surface area (Å²) in [7, 11) is 0. The fourth-order valence-electron chi connectivity index (χ4n) is 2.56. The molecule has 0 spiro atoms. The van der Waals surface area contributed by atoms with Crippen LogP contribution in [0.4, 0.5) is 0 Å². The Balaban J connectivity index is 5.44. The third-order valence-electron chi connectivity index (χ3n) is 4.84. The molecule has 182 valence electrons. The van der Waals surface area contributed by atoms with Crippen LogP contribution in [0, 0.1) is 5.92 Å². The molecule has 0 aliphatic rings. The number of carboxylic acids is 2. The Bertz CT molecular complexity index is 714. The molecule has 0 fully saturated rings. The van der Waals surface area contributed by atoms with Crippen molar-refractivity contribution in [3.63, 3.8) is 0 Å². The van der Waals surface area contributed by atoms with E-state index in [1.165, 1.54) is 6.92 Å². The third kappa shape index (κ3) is 10.7. The predicted octanol–water partition coefficient (Wildman–Crippen LogP) is -1.95. The van der Waals surface area contributed by atoms with Crippen molar-refractivity contribution in [3.05, 3.63) is 0 Å². The van der Waals surface area contributed by atoms with Gasteiger partial charge in [-0.25, -0.2) is 0 Å². The molecule has 5 atom stereocenters. The van der Waals surface area contributed by atoms with Crippen molar-refractivity contribution in [1.82, 2.24) is 16.0 Å². The lowest BCUT2D eigenvalue weighted by molar-refractivity contribution is -0.142. The minimum absolute atomic E-state index is 0.0700. The summed E-state index contributed by atoms with van der Waals surface area (Å²) < 4.78 is 0. The van der Waals surface area contributed by atoms with Crippen LogP contribution in [0.1, 0.15) is 52.9 Å². The predicted molar refractivity (Wildman–Crippen MR) is 112 cm³/mol. The van der Waals surface area contributed by atoms with Gasteiger partial charge in [0.2, 0.25) is 23.6 Å². The molecule has 0 aliphatic heterocycles. The lowest BCUT2D eigenvalue weighted by atomic mass is 9.97. The second kappa shape index (κ2) is 14.0. The monoisotopic (exact) mass is 459 g/mol. The number of carbonyl (C=O) groups is 6. The van der Waals surface area contributed by atoms with E-state index in [1.807, 2.05) is 0 Å². The molecule has 13 heteroatoms. The smallest absolute Gasteiger partial charge is 0.325 e. The van der Waals surface area contributed by atoms with E-state index in [1.54, 1.807) is 13.8 Å². The summed E-state index contributed by atoms with van der Waals surface area (Å²) in [6.45, 7) is 4.69.